The summed E-state index contributed by atoms with van der Waals surface area (Å²) in [6.45, 7) is 8.16. The van der Waals surface area contributed by atoms with Gasteiger partial charge in [-0.1, -0.05) is 6.92 Å². The van der Waals surface area contributed by atoms with E-state index in [1.807, 2.05) is 27.7 Å². The first-order chi connectivity index (χ1) is 8.34. The Morgan fingerprint density at radius 3 is 2.44 bits per heavy atom. The fourth-order valence-corrected chi connectivity index (χ4v) is 5.27. The maximum Gasteiger partial charge on any atom is 0.244 e. The van der Waals surface area contributed by atoms with Gasteiger partial charge in [0, 0.05) is 22.3 Å². The summed E-state index contributed by atoms with van der Waals surface area (Å²) in [5.41, 5.74) is 0. The van der Waals surface area contributed by atoms with E-state index >= 15 is 0 Å². The first-order valence-corrected chi connectivity index (χ1v) is 8.80. The van der Waals surface area contributed by atoms with Crippen molar-refractivity contribution < 1.29 is 8.42 Å². The van der Waals surface area contributed by atoms with E-state index in [2.05, 4.69) is 0 Å². The maximum atomic E-state index is 12.6. The fourth-order valence-electron chi connectivity index (χ4n) is 1.85. The number of halogens is 1. The van der Waals surface area contributed by atoms with Crippen molar-refractivity contribution in [3.05, 3.63) is 15.8 Å². The molecule has 104 valence electrons. The smallest absolute Gasteiger partial charge is 0.207 e. The summed E-state index contributed by atoms with van der Waals surface area (Å²) < 4.78 is 26.8. The molecule has 0 saturated heterocycles. The van der Waals surface area contributed by atoms with Crippen LogP contribution in [0.2, 0.25) is 0 Å². The number of nitrogens with zero attached hydrogens (tertiary/aromatic N) is 1. The lowest BCUT2D eigenvalue weighted by atomic mass is 10.4. The van der Waals surface area contributed by atoms with Crippen molar-refractivity contribution >= 4 is 33.0 Å². The Hall–Kier alpha value is -0.100. The third-order valence-corrected chi connectivity index (χ3v) is 6.49. The molecule has 1 aromatic heterocycles. The third kappa shape index (κ3) is 3.26. The highest BCUT2D eigenvalue weighted by atomic mass is 35.5. The van der Waals surface area contributed by atoms with Crippen molar-refractivity contribution in [3.63, 3.8) is 0 Å². The second kappa shape index (κ2) is 6.37. The molecule has 0 unspecified atom stereocenters. The minimum atomic E-state index is -3.40. The molecule has 1 heterocycles. The molecule has 0 bridgehead atoms. The molecule has 0 aliphatic carbocycles. The molecule has 0 atom stereocenters. The molecular formula is C12H20ClNO2S2. The van der Waals surface area contributed by atoms with Gasteiger partial charge in [0.1, 0.15) is 0 Å². The highest BCUT2D eigenvalue weighted by Crippen LogP contribution is 2.30. The van der Waals surface area contributed by atoms with Crippen LogP contribution in [-0.2, 0) is 15.9 Å². The Morgan fingerprint density at radius 1 is 1.44 bits per heavy atom. The number of hydrogen-bond acceptors (Lipinski definition) is 3. The lowest BCUT2D eigenvalue weighted by Crippen LogP contribution is -2.37. The van der Waals surface area contributed by atoms with Gasteiger partial charge >= 0.3 is 0 Å². The van der Waals surface area contributed by atoms with E-state index < -0.39 is 10.0 Å². The van der Waals surface area contributed by atoms with Crippen molar-refractivity contribution in [2.45, 2.75) is 50.9 Å². The summed E-state index contributed by atoms with van der Waals surface area (Å²) >= 11 is 7.22. The predicted molar refractivity (Wildman–Crippen MR) is 77.9 cm³/mol. The summed E-state index contributed by atoms with van der Waals surface area (Å²) in [4.78, 5) is 2.12. The van der Waals surface area contributed by atoms with Gasteiger partial charge in [-0.05, 0) is 33.3 Å². The number of rotatable bonds is 6. The molecule has 0 aliphatic heterocycles. The Balaban J connectivity index is 3.21. The Morgan fingerprint density at radius 2 is 2.06 bits per heavy atom. The van der Waals surface area contributed by atoms with E-state index in [9.17, 15) is 8.42 Å². The van der Waals surface area contributed by atoms with Gasteiger partial charge in [-0.3, -0.25) is 0 Å². The predicted octanol–water partition coefficient (Wildman–Crippen LogP) is 3.60. The second-order valence-electron chi connectivity index (χ2n) is 4.48. The van der Waals surface area contributed by atoms with Crippen LogP contribution in [0.3, 0.4) is 0 Å². The van der Waals surface area contributed by atoms with Crippen LogP contribution in [0.5, 0.6) is 0 Å². The fraction of sp³-hybridized carbons (Fsp3) is 0.667. The van der Waals surface area contributed by atoms with Crippen LogP contribution in [0.15, 0.2) is 11.0 Å². The average Bonchev–Trinajstić information content (AvgIpc) is 2.67. The van der Waals surface area contributed by atoms with Gasteiger partial charge in [0.25, 0.3) is 0 Å². The number of thiophene rings is 1. The zero-order valence-electron chi connectivity index (χ0n) is 11.2. The number of hydrogen-bond donors (Lipinski definition) is 0. The molecule has 0 spiro atoms. The van der Waals surface area contributed by atoms with Gasteiger partial charge < -0.3 is 0 Å². The van der Waals surface area contributed by atoms with Gasteiger partial charge in [-0.2, -0.15) is 4.31 Å². The lowest BCUT2D eigenvalue weighted by molar-refractivity contribution is 0.354. The van der Waals surface area contributed by atoms with E-state index in [0.29, 0.717) is 17.3 Å². The maximum absolute atomic E-state index is 12.6. The van der Waals surface area contributed by atoms with Gasteiger partial charge in [0.2, 0.25) is 10.0 Å². The Kier molecular flexibility index (Phi) is 5.65. The third-order valence-electron chi connectivity index (χ3n) is 2.66. The summed E-state index contributed by atoms with van der Waals surface area (Å²) in [6.07, 6.45) is 0.808. The topological polar surface area (TPSA) is 37.4 Å². The van der Waals surface area contributed by atoms with Crippen LogP contribution in [0.4, 0.5) is 0 Å². The standard InChI is InChI=1S/C12H20ClNO2S2/c1-5-6-14(9(2)3)18(15,16)12-7-11(8-13)17-10(12)4/h7,9H,5-6,8H2,1-4H3. The highest BCUT2D eigenvalue weighted by Gasteiger charge is 2.28. The number of sulfonamides is 1. The monoisotopic (exact) mass is 309 g/mol. The van der Waals surface area contributed by atoms with E-state index in [1.54, 1.807) is 10.4 Å². The minimum absolute atomic E-state index is 0.0336. The molecule has 3 nitrogen and oxygen atoms in total. The summed E-state index contributed by atoms with van der Waals surface area (Å²) in [5, 5.41) is 0. The lowest BCUT2D eigenvalue weighted by Gasteiger charge is -2.25. The van der Waals surface area contributed by atoms with Crippen molar-refractivity contribution in [3.8, 4) is 0 Å². The van der Waals surface area contributed by atoms with E-state index in [1.165, 1.54) is 11.3 Å². The van der Waals surface area contributed by atoms with Crippen LogP contribution in [0.25, 0.3) is 0 Å². The van der Waals surface area contributed by atoms with Gasteiger partial charge in [-0.15, -0.1) is 22.9 Å². The van der Waals surface area contributed by atoms with E-state index in [0.717, 1.165) is 16.2 Å². The molecule has 0 aromatic carbocycles. The van der Waals surface area contributed by atoms with Gasteiger partial charge in [0.15, 0.2) is 0 Å². The molecule has 0 fully saturated rings. The molecular weight excluding hydrogens is 290 g/mol. The van der Waals surface area contributed by atoms with Crippen LogP contribution in [0.1, 0.15) is 36.9 Å². The first-order valence-electron chi connectivity index (χ1n) is 6.01. The van der Waals surface area contributed by atoms with E-state index in [4.69, 9.17) is 11.6 Å². The van der Waals surface area contributed by atoms with Crippen molar-refractivity contribution in [2.75, 3.05) is 6.54 Å². The molecule has 6 heteroatoms. The summed E-state index contributed by atoms with van der Waals surface area (Å²) in [5.74, 6) is 0.358. The number of alkyl halides is 1. The minimum Gasteiger partial charge on any atom is -0.207 e. The van der Waals surface area contributed by atoms with E-state index in [-0.39, 0.29) is 6.04 Å². The zero-order chi connectivity index (χ0) is 13.9. The number of aryl methyl sites for hydroxylation is 1. The first kappa shape index (κ1) is 16.0. The largest absolute Gasteiger partial charge is 0.244 e. The molecule has 18 heavy (non-hydrogen) atoms. The van der Waals surface area contributed by atoms with Crippen LogP contribution in [0, 0.1) is 6.92 Å². The van der Waals surface area contributed by atoms with Crippen molar-refractivity contribution in [1.29, 1.82) is 0 Å². The van der Waals surface area contributed by atoms with Gasteiger partial charge in [-0.25, -0.2) is 8.42 Å². The second-order valence-corrected chi connectivity index (χ2v) is 7.94. The van der Waals surface area contributed by atoms with Crippen LogP contribution < -0.4 is 0 Å². The molecule has 0 radical (unpaired) electrons. The zero-order valence-corrected chi connectivity index (χ0v) is 13.6. The van der Waals surface area contributed by atoms with Gasteiger partial charge in [0.05, 0.1) is 10.8 Å². The summed E-state index contributed by atoms with van der Waals surface area (Å²) in [7, 11) is -3.40. The van der Waals surface area contributed by atoms with Crippen LogP contribution in [-0.4, -0.2) is 25.3 Å². The van der Waals surface area contributed by atoms with Crippen LogP contribution >= 0.6 is 22.9 Å². The summed E-state index contributed by atoms with van der Waals surface area (Å²) in [6, 6.07) is 1.67. The molecule has 0 N–H and O–H groups in total. The normalized spacial score (nSPS) is 12.6. The Bertz CT molecular complexity index is 494. The molecule has 1 aromatic rings. The van der Waals surface area contributed by atoms with Crippen molar-refractivity contribution in [2.24, 2.45) is 0 Å². The Labute approximate surface area is 119 Å². The average molecular weight is 310 g/mol. The SMILES string of the molecule is CCCN(C(C)C)S(=O)(=O)c1cc(CCl)sc1C. The molecule has 0 aliphatic rings. The highest BCUT2D eigenvalue weighted by molar-refractivity contribution is 7.89. The van der Waals surface area contributed by atoms with Crippen molar-refractivity contribution in [1.82, 2.24) is 4.31 Å². The molecule has 0 saturated carbocycles. The molecule has 1 rings (SSSR count). The quantitative estimate of drug-likeness (QED) is 0.753. The molecule has 0 amide bonds.